The van der Waals surface area contributed by atoms with Crippen molar-refractivity contribution in [2.45, 2.75) is 25.9 Å². The van der Waals surface area contributed by atoms with Gasteiger partial charge in [-0.15, -0.1) is 0 Å². The van der Waals surface area contributed by atoms with Crippen LogP contribution in [0.3, 0.4) is 0 Å². The second-order valence-corrected chi connectivity index (χ2v) is 6.21. The summed E-state index contributed by atoms with van der Waals surface area (Å²) in [5.74, 6) is -0.184. The number of carbonyl (C=O) groups excluding carboxylic acids is 1. The number of hydrogen-bond acceptors (Lipinski definition) is 2. The number of ether oxygens (including phenoxy) is 1. The number of hydrogen-bond donors (Lipinski definition) is 0. The highest BCUT2D eigenvalue weighted by molar-refractivity contribution is 5.76. The third-order valence-corrected chi connectivity index (χ3v) is 4.42. The molecule has 0 saturated carbocycles. The number of rotatable bonds is 4. The topological polar surface area (TPSA) is 29.5 Å². The smallest absolute Gasteiger partial charge is 0.223 e. The van der Waals surface area contributed by atoms with Gasteiger partial charge in [-0.3, -0.25) is 4.79 Å². The van der Waals surface area contributed by atoms with Crippen LogP contribution in [0.4, 0.5) is 4.39 Å². The Morgan fingerprint density at radius 1 is 1.21 bits per heavy atom. The zero-order chi connectivity index (χ0) is 16.9. The molecule has 0 aromatic heterocycles. The Labute approximate surface area is 142 Å². The zero-order valence-electron chi connectivity index (χ0n) is 13.9. The van der Waals surface area contributed by atoms with E-state index >= 15 is 0 Å². The highest BCUT2D eigenvalue weighted by Gasteiger charge is 2.26. The fourth-order valence-corrected chi connectivity index (χ4v) is 2.96. The Kier molecular flexibility index (Phi) is 5.26. The SMILES string of the molecule is Cc1ccc(CCC(=O)N2CCOC(c3ccccc3F)C2)cc1. The molecule has 1 fully saturated rings. The molecule has 4 heteroatoms. The molecule has 3 rings (SSSR count). The van der Waals surface area contributed by atoms with E-state index in [-0.39, 0.29) is 17.8 Å². The number of carbonyl (C=O) groups is 1. The third kappa shape index (κ3) is 4.01. The van der Waals surface area contributed by atoms with Crippen LogP contribution in [-0.4, -0.2) is 30.5 Å². The van der Waals surface area contributed by atoms with Gasteiger partial charge in [0.1, 0.15) is 11.9 Å². The lowest BCUT2D eigenvalue weighted by Gasteiger charge is -2.33. The van der Waals surface area contributed by atoms with Gasteiger partial charge in [0.25, 0.3) is 0 Å². The van der Waals surface area contributed by atoms with E-state index in [2.05, 4.69) is 24.3 Å². The predicted octanol–water partition coefficient (Wildman–Crippen LogP) is 3.67. The highest BCUT2D eigenvalue weighted by Crippen LogP contribution is 2.25. The standard InChI is InChI=1S/C20H22FNO2/c1-15-6-8-16(9-7-15)10-11-20(23)22-12-13-24-19(14-22)17-4-2-3-5-18(17)21/h2-9,19H,10-14H2,1H3. The van der Waals surface area contributed by atoms with Gasteiger partial charge in [0, 0.05) is 18.5 Å². The van der Waals surface area contributed by atoms with Crippen LogP contribution in [0.1, 0.15) is 29.2 Å². The summed E-state index contributed by atoms with van der Waals surface area (Å²) in [4.78, 5) is 14.3. The molecule has 1 aliphatic heterocycles. The average molecular weight is 327 g/mol. The van der Waals surface area contributed by atoms with E-state index in [1.54, 1.807) is 23.1 Å². The quantitative estimate of drug-likeness (QED) is 0.857. The molecule has 0 aliphatic carbocycles. The van der Waals surface area contributed by atoms with Crippen LogP contribution < -0.4 is 0 Å². The normalized spacial score (nSPS) is 17.8. The lowest BCUT2D eigenvalue weighted by atomic mass is 10.1. The minimum Gasteiger partial charge on any atom is -0.370 e. The van der Waals surface area contributed by atoms with Crippen LogP contribution in [0.25, 0.3) is 0 Å². The van der Waals surface area contributed by atoms with Crippen molar-refractivity contribution < 1.29 is 13.9 Å². The molecule has 1 aliphatic rings. The molecular formula is C20H22FNO2. The Bertz CT molecular complexity index is 699. The van der Waals surface area contributed by atoms with Gasteiger partial charge < -0.3 is 9.64 Å². The number of nitrogens with zero attached hydrogens (tertiary/aromatic N) is 1. The minimum absolute atomic E-state index is 0.0974. The van der Waals surface area contributed by atoms with Crippen LogP contribution >= 0.6 is 0 Å². The van der Waals surface area contributed by atoms with E-state index in [4.69, 9.17) is 4.74 Å². The summed E-state index contributed by atoms with van der Waals surface area (Å²) in [5, 5.41) is 0. The number of benzene rings is 2. The Morgan fingerprint density at radius 3 is 2.71 bits per heavy atom. The molecule has 1 atom stereocenters. The highest BCUT2D eigenvalue weighted by atomic mass is 19.1. The first-order valence-electron chi connectivity index (χ1n) is 8.33. The number of aryl methyl sites for hydroxylation is 2. The van der Waals surface area contributed by atoms with Crippen molar-refractivity contribution in [3.63, 3.8) is 0 Å². The minimum atomic E-state index is -0.386. The van der Waals surface area contributed by atoms with Gasteiger partial charge in [0.15, 0.2) is 0 Å². The lowest BCUT2D eigenvalue weighted by Crippen LogP contribution is -2.42. The van der Waals surface area contributed by atoms with Crippen molar-refractivity contribution in [1.82, 2.24) is 4.90 Å². The molecule has 1 heterocycles. The van der Waals surface area contributed by atoms with Crippen molar-refractivity contribution >= 4 is 5.91 Å². The molecule has 0 spiro atoms. The number of halogens is 1. The van der Waals surface area contributed by atoms with Gasteiger partial charge in [-0.05, 0) is 25.0 Å². The van der Waals surface area contributed by atoms with Gasteiger partial charge >= 0.3 is 0 Å². The molecule has 0 radical (unpaired) electrons. The summed E-state index contributed by atoms with van der Waals surface area (Å²) in [6.07, 6.45) is 0.803. The van der Waals surface area contributed by atoms with Crippen LogP contribution in [-0.2, 0) is 16.0 Å². The van der Waals surface area contributed by atoms with Gasteiger partial charge in [0.05, 0.1) is 13.2 Å². The van der Waals surface area contributed by atoms with E-state index in [0.29, 0.717) is 31.7 Å². The molecule has 24 heavy (non-hydrogen) atoms. The molecule has 0 bridgehead atoms. The van der Waals surface area contributed by atoms with Gasteiger partial charge in [-0.2, -0.15) is 0 Å². The first-order chi connectivity index (χ1) is 11.6. The van der Waals surface area contributed by atoms with Crippen molar-refractivity contribution in [3.05, 3.63) is 71.0 Å². The Morgan fingerprint density at radius 2 is 1.96 bits per heavy atom. The number of morpholine rings is 1. The maximum Gasteiger partial charge on any atom is 0.223 e. The van der Waals surface area contributed by atoms with Gasteiger partial charge in [-0.25, -0.2) is 4.39 Å². The fraction of sp³-hybridized carbons (Fsp3) is 0.350. The molecule has 2 aromatic carbocycles. The van der Waals surface area contributed by atoms with E-state index in [1.165, 1.54) is 11.6 Å². The van der Waals surface area contributed by atoms with E-state index in [9.17, 15) is 9.18 Å². The van der Waals surface area contributed by atoms with E-state index < -0.39 is 0 Å². The molecule has 1 unspecified atom stereocenters. The van der Waals surface area contributed by atoms with Crippen molar-refractivity contribution in [3.8, 4) is 0 Å². The molecule has 2 aromatic rings. The van der Waals surface area contributed by atoms with Gasteiger partial charge in [-0.1, -0.05) is 48.0 Å². The summed E-state index contributed by atoms with van der Waals surface area (Å²) in [6.45, 7) is 3.46. The summed E-state index contributed by atoms with van der Waals surface area (Å²) < 4.78 is 19.6. The Hall–Kier alpha value is -2.20. The van der Waals surface area contributed by atoms with Crippen molar-refractivity contribution in [1.29, 1.82) is 0 Å². The van der Waals surface area contributed by atoms with Crippen LogP contribution in [0.15, 0.2) is 48.5 Å². The fourth-order valence-electron chi connectivity index (χ4n) is 2.96. The van der Waals surface area contributed by atoms with E-state index in [1.807, 2.05) is 6.92 Å². The lowest BCUT2D eigenvalue weighted by molar-refractivity contribution is -0.139. The van der Waals surface area contributed by atoms with Crippen LogP contribution in [0.2, 0.25) is 0 Å². The molecule has 1 amide bonds. The average Bonchev–Trinajstić information content (AvgIpc) is 2.61. The first-order valence-corrected chi connectivity index (χ1v) is 8.33. The number of amides is 1. The summed E-state index contributed by atoms with van der Waals surface area (Å²) >= 11 is 0. The van der Waals surface area contributed by atoms with Crippen molar-refractivity contribution in [2.75, 3.05) is 19.7 Å². The van der Waals surface area contributed by atoms with Gasteiger partial charge in [0.2, 0.25) is 5.91 Å². The maximum absolute atomic E-state index is 13.9. The molecule has 3 nitrogen and oxygen atoms in total. The Balaban J connectivity index is 1.59. The maximum atomic E-state index is 13.9. The molecule has 126 valence electrons. The van der Waals surface area contributed by atoms with Crippen molar-refractivity contribution in [2.24, 2.45) is 0 Å². The second-order valence-electron chi connectivity index (χ2n) is 6.21. The third-order valence-electron chi connectivity index (χ3n) is 4.42. The second kappa shape index (κ2) is 7.58. The monoisotopic (exact) mass is 327 g/mol. The summed E-state index contributed by atoms with van der Waals surface area (Å²) in [7, 11) is 0. The summed E-state index contributed by atoms with van der Waals surface area (Å²) in [6, 6.07) is 14.8. The van der Waals surface area contributed by atoms with Crippen LogP contribution in [0, 0.1) is 12.7 Å². The van der Waals surface area contributed by atoms with Crippen LogP contribution in [0.5, 0.6) is 0 Å². The molecule has 0 N–H and O–H groups in total. The summed E-state index contributed by atoms with van der Waals surface area (Å²) in [5.41, 5.74) is 2.90. The van der Waals surface area contributed by atoms with E-state index in [0.717, 1.165) is 12.0 Å². The predicted molar refractivity (Wildman–Crippen MR) is 91.2 cm³/mol. The molecular weight excluding hydrogens is 305 g/mol. The first kappa shape index (κ1) is 16.7. The molecule has 1 saturated heterocycles. The zero-order valence-corrected chi connectivity index (χ0v) is 13.9. The largest absolute Gasteiger partial charge is 0.370 e.